The molecule has 19 heavy (non-hydrogen) atoms. The number of nitrogen functional groups attached to an aromatic ring is 1. The van der Waals surface area contributed by atoms with Gasteiger partial charge in [-0.2, -0.15) is 5.26 Å². The molecule has 1 amide bonds. The third-order valence-electron chi connectivity index (χ3n) is 2.35. The van der Waals surface area contributed by atoms with Crippen LogP contribution in [0.15, 0.2) is 41.0 Å². The van der Waals surface area contributed by atoms with Crippen molar-refractivity contribution in [1.82, 2.24) is 4.98 Å². The first-order valence-corrected chi connectivity index (χ1v) is 6.12. The molecule has 0 unspecified atom stereocenters. The summed E-state index contributed by atoms with van der Waals surface area (Å²) >= 11 is 3.27. The summed E-state index contributed by atoms with van der Waals surface area (Å²) in [6, 6.07) is 10.1. The van der Waals surface area contributed by atoms with Crippen LogP contribution >= 0.6 is 15.9 Å². The molecule has 0 fully saturated rings. The molecule has 0 spiro atoms. The standard InChI is InChI=1S/C13H9BrN4O/c14-11-5-10(16)7-17-12(11)18-13(19)9-3-1-2-8(4-9)6-15/h1-5,7H,16H2,(H,17,18,19). The number of benzene rings is 1. The average molecular weight is 317 g/mol. The molecule has 2 rings (SSSR count). The van der Waals surface area contributed by atoms with Crippen LogP contribution in [0.3, 0.4) is 0 Å². The molecule has 0 atom stereocenters. The van der Waals surface area contributed by atoms with Crippen molar-refractivity contribution in [2.45, 2.75) is 0 Å². The quantitative estimate of drug-likeness (QED) is 0.890. The number of rotatable bonds is 2. The zero-order valence-electron chi connectivity index (χ0n) is 9.72. The molecule has 0 saturated carbocycles. The predicted octanol–water partition coefficient (Wildman–Crippen LogP) is 2.55. The Balaban J connectivity index is 2.23. The van der Waals surface area contributed by atoms with Crippen LogP contribution in [0, 0.1) is 11.3 Å². The van der Waals surface area contributed by atoms with E-state index < -0.39 is 0 Å². The molecule has 5 nitrogen and oxygen atoms in total. The Labute approximate surface area is 118 Å². The van der Waals surface area contributed by atoms with E-state index in [0.717, 1.165) is 0 Å². The summed E-state index contributed by atoms with van der Waals surface area (Å²) in [4.78, 5) is 16.0. The Hall–Kier alpha value is -2.39. The van der Waals surface area contributed by atoms with E-state index in [1.165, 1.54) is 12.3 Å². The van der Waals surface area contributed by atoms with Crippen LogP contribution in [-0.2, 0) is 0 Å². The number of nitriles is 1. The van der Waals surface area contributed by atoms with Gasteiger partial charge >= 0.3 is 0 Å². The van der Waals surface area contributed by atoms with E-state index in [2.05, 4.69) is 26.2 Å². The fourth-order valence-electron chi connectivity index (χ4n) is 1.45. The van der Waals surface area contributed by atoms with Crippen LogP contribution in [0.25, 0.3) is 0 Å². The monoisotopic (exact) mass is 316 g/mol. The van der Waals surface area contributed by atoms with E-state index in [-0.39, 0.29) is 5.91 Å². The number of carbonyl (C=O) groups excluding carboxylic acids is 1. The number of nitrogens with zero attached hydrogens (tertiary/aromatic N) is 2. The van der Waals surface area contributed by atoms with Crippen molar-refractivity contribution >= 4 is 33.3 Å². The highest BCUT2D eigenvalue weighted by Gasteiger charge is 2.10. The maximum atomic E-state index is 12.0. The Kier molecular flexibility index (Phi) is 3.78. The molecule has 1 aromatic heterocycles. The Morgan fingerprint density at radius 1 is 1.42 bits per heavy atom. The number of pyridine rings is 1. The van der Waals surface area contributed by atoms with Gasteiger partial charge in [-0.15, -0.1) is 0 Å². The van der Waals surface area contributed by atoms with Crippen LogP contribution < -0.4 is 11.1 Å². The number of halogens is 1. The number of nitrogens with two attached hydrogens (primary N) is 1. The van der Waals surface area contributed by atoms with E-state index >= 15 is 0 Å². The van der Waals surface area contributed by atoms with Crippen molar-refractivity contribution in [2.75, 3.05) is 11.1 Å². The minimum absolute atomic E-state index is 0.338. The lowest BCUT2D eigenvalue weighted by molar-refractivity contribution is 0.102. The summed E-state index contributed by atoms with van der Waals surface area (Å²) in [6.45, 7) is 0. The summed E-state index contributed by atoms with van der Waals surface area (Å²) in [6.07, 6.45) is 1.45. The SMILES string of the molecule is N#Cc1cccc(C(=O)Nc2ncc(N)cc2Br)c1. The fourth-order valence-corrected chi connectivity index (χ4v) is 1.92. The number of aromatic nitrogens is 1. The first-order valence-electron chi connectivity index (χ1n) is 5.32. The molecule has 0 saturated heterocycles. The maximum Gasteiger partial charge on any atom is 0.256 e. The minimum Gasteiger partial charge on any atom is -0.397 e. The van der Waals surface area contributed by atoms with Gasteiger partial charge in [0.1, 0.15) is 5.82 Å². The van der Waals surface area contributed by atoms with Crippen LogP contribution in [0.2, 0.25) is 0 Å². The lowest BCUT2D eigenvalue weighted by Crippen LogP contribution is -2.13. The molecule has 0 aliphatic heterocycles. The van der Waals surface area contributed by atoms with Crippen molar-refractivity contribution in [3.05, 3.63) is 52.1 Å². The number of hydrogen-bond donors (Lipinski definition) is 2. The molecule has 1 aromatic carbocycles. The van der Waals surface area contributed by atoms with Gasteiger partial charge in [-0.05, 0) is 40.2 Å². The Morgan fingerprint density at radius 2 is 2.21 bits per heavy atom. The van der Waals surface area contributed by atoms with Gasteiger partial charge < -0.3 is 11.1 Å². The molecular weight excluding hydrogens is 308 g/mol. The number of anilines is 2. The van der Waals surface area contributed by atoms with E-state index in [1.54, 1.807) is 24.3 Å². The number of hydrogen-bond acceptors (Lipinski definition) is 4. The Morgan fingerprint density at radius 3 is 2.89 bits per heavy atom. The average Bonchev–Trinajstić information content (AvgIpc) is 2.42. The van der Waals surface area contributed by atoms with Crippen LogP contribution in [0.4, 0.5) is 11.5 Å². The third-order valence-corrected chi connectivity index (χ3v) is 2.95. The fraction of sp³-hybridized carbons (Fsp3) is 0. The normalized spacial score (nSPS) is 9.68. The molecule has 0 radical (unpaired) electrons. The summed E-state index contributed by atoms with van der Waals surface area (Å²) in [7, 11) is 0. The van der Waals surface area contributed by atoms with Gasteiger partial charge in [0.2, 0.25) is 0 Å². The molecule has 2 aromatic rings. The Bertz CT molecular complexity index is 679. The molecule has 3 N–H and O–H groups in total. The summed E-state index contributed by atoms with van der Waals surface area (Å²) in [5.74, 6) is 0.0385. The highest BCUT2D eigenvalue weighted by molar-refractivity contribution is 9.10. The van der Waals surface area contributed by atoms with Crippen molar-refractivity contribution in [2.24, 2.45) is 0 Å². The lowest BCUT2D eigenvalue weighted by atomic mass is 10.1. The highest BCUT2D eigenvalue weighted by Crippen LogP contribution is 2.22. The smallest absolute Gasteiger partial charge is 0.256 e. The van der Waals surface area contributed by atoms with E-state index in [1.807, 2.05) is 6.07 Å². The highest BCUT2D eigenvalue weighted by atomic mass is 79.9. The van der Waals surface area contributed by atoms with Crippen molar-refractivity contribution < 1.29 is 4.79 Å². The number of carbonyl (C=O) groups is 1. The molecule has 1 heterocycles. The molecule has 0 bridgehead atoms. The topological polar surface area (TPSA) is 91.8 Å². The first kappa shape index (κ1) is 13.1. The predicted molar refractivity (Wildman–Crippen MR) is 75.5 cm³/mol. The molecule has 6 heteroatoms. The van der Waals surface area contributed by atoms with E-state index in [0.29, 0.717) is 27.1 Å². The van der Waals surface area contributed by atoms with Gasteiger partial charge in [-0.1, -0.05) is 6.07 Å². The van der Waals surface area contributed by atoms with Gasteiger partial charge in [0, 0.05) is 5.56 Å². The first-order chi connectivity index (χ1) is 9.10. The van der Waals surface area contributed by atoms with Crippen LogP contribution in [-0.4, -0.2) is 10.9 Å². The number of nitrogens with one attached hydrogen (secondary N) is 1. The van der Waals surface area contributed by atoms with Gasteiger partial charge in [0.25, 0.3) is 5.91 Å². The largest absolute Gasteiger partial charge is 0.397 e. The van der Waals surface area contributed by atoms with Gasteiger partial charge in [0.15, 0.2) is 0 Å². The van der Waals surface area contributed by atoms with Gasteiger partial charge in [0.05, 0.1) is 28.0 Å². The second kappa shape index (κ2) is 5.50. The minimum atomic E-state index is -0.338. The van der Waals surface area contributed by atoms with Gasteiger partial charge in [-0.25, -0.2) is 4.98 Å². The van der Waals surface area contributed by atoms with Gasteiger partial charge in [-0.3, -0.25) is 4.79 Å². The van der Waals surface area contributed by atoms with E-state index in [9.17, 15) is 4.79 Å². The zero-order chi connectivity index (χ0) is 13.8. The zero-order valence-corrected chi connectivity index (χ0v) is 11.3. The van der Waals surface area contributed by atoms with Crippen LogP contribution in [0.1, 0.15) is 15.9 Å². The number of amides is 1. The van der Waals surface area contributed by atoms with Crippen LogP contribution in [0.5, 0.6) is 0 Å². The molecular formula is C13H9BrN4O. The van der Waals surface area contributed by atoms with Crippen molar-refractivity contribution in [1.29, 1.82) is 5.26 Å². The maximum absolute atomic E-state index is 12.0. The van der Waals surface area contributed by atoms with E-state index in [4.69, 9.17) is 11.0 Å². The summed E-state index contributed by atoms with van der Waals surface area (Å²) < 4.78 is 0.595. The molecule has 0 aliphatic rings. The second-order valence-corrected chi connectivity index (χ2v) is 4.60. The third kappa shape index (κ3) is 3.09. The second-order valence-electron chi connectivity index (χ2n) is 3.75. The lowest BCUT2D eigenvalue weighted by Gasteiger charge is -2.07. The molecule has 94 valence electrons. The summed E-state index contributed by atoms with van der Waals surface area (Å²) in [5.41, 5.74) is 6.88. The van der Waals surface area contributed by atoms with Crippen molar-refractivity contribution in [3.63, 3.8) is 0 Å². The van der Waals surface area contributed by atoms with Crippen molar-refractivity contribution in [3.8, 4) is 6.07 Å². The molecule has 0 aliphatic carbocycles. The summed E-state index contributed by atoms with van der Waals surface area (Å²) in [5, 5.41) is 11.4.